The van der Waals surface area contributed by atoms with Crippen LogP contribution in [0, 0.1) is 5.41 Å². The van der Waals surface area contributed by atoms with Crippen LogP contribution >= 0.6 is 0 Å². The number of ether oxygens (including phenoxy) is 1. The number of esters is 1. The van der Waals surface area contributed by atoms with Crippen LogP contribution in [-0.2, 0) is 9.53 Å². The minimum absolute atomic E-state index is 0.196. The summed E-state index contributed by atoms with van der Waals surface area (Å²) in [5, 5.41) is 9.21. The summed E-state index contributed by atoms with van der Waals surface area (Å²) in [5.74, 6) is -0.196. The third-order valence-corrected chi connectivity index (χ3v) is 2.39. The van der Waals surface area contributed by atoms with E-state index in [-0.39, 0.29) is 5.97 Å². The quantitative estimate of drug-likeness (QED) is 0.519. The van der Waals surface area contributed by atoms with Crippen molar-refractivity contribution in [3.63, 3.8) is 0 Å². The predicted octanol–water partition coefficient (Wildman–Crippen LogP) is 1.27. The lowest BCUT2D eigenvalue weighted by atomic mass is 9.80. The zero-order chi connectivity index (χ0) is 9.90. The Labute approximate surface area is 78.4 Å². The molecule has 13 heavy (non-hydrogen) atoms. The van der Waals surface area contributed by atoms with E-state index >= 15 is 0 Å². The molecular weight excluding hydrogens is 168 g/mol. The number of carbonyl (C=O) groups is 1. The van der Waals surface area contributed by atoms with Gasteiger partial charge >= 0.3 is 5.97 Å². The van der Waals surface area contributed by atoms with Gasteiger partial charge in [-0.2, -0.15) is 0 Å². The third-order valence-electron chi connectivity index (χ3n) is 2.39. The summed E-state index contributed by atoms with van der Waals surface area (Å²) in [5.41, 5.74) is -0.532. The summed E-state index contributed by atoms with van der Waals surface area (Å²) in [7, 11) is 0. The molecule has 0 saturated heterocycles. The molecule has 0 saturated carbocycles. The van der Waals surface area contributed by atoms with Crippen LogP contribution in [0.2, 0.25) is 0 Å². The molecule has 1 aliphatic rings. The topological polar surface area (TPSA) is 46.5 Å². The van der Waals surface area contributed by atoms with Crippen LogP contribution < -0.4 is 0 Å². The maximum atomic E-state index is 11.5. The van der Waals surface area contributed by atoms with Crippen molar-refractivity contribution in [2.75, 3.05) is 6.61 Å². The van der Waals surface area contributed by atoms with Gasteiger partial charge < -0.3 is 9.84 Å². The second kappa shape index (κ2) is 3.92. The fourth-order valence-electron chi connectivity index (χ4n) is 1.42. The summed E-state index contributed by atoms with van der Waals surface area (Å²) in [4.78, 5) is 11.5. The molecule has 0 bridgehead atoms. The van der Waals surface area contributed by atoms with Gasteiger partial charge in [-0.15, -0.1) is 0 Å². The summed E-state index contributed by atoms with van der Waals surface area (Å²) in [6.45, 7) is 4.04. The summed E-state index contributed by atoms with van der Waals surface area (Å²) in [6.07, 6.45) is 4.30. The average molecular weight is 184 g/mol. The van der Waals surface area contributed by atoms with Gasteiger partial charge in [-0.1, -0.05) is 12.2 Å². The first-order valence-corrected chi connectivity index (χ1v) is 4.63. The van der Waals surface area contributed by atoms with Crippen molar-refractivity contribution in [1.82, 2.24) is 0 Å². The molecule has 0 radical (unpaired) electrons. The van der Waals surface area contributed by atoms with Crippen LogP contribution in [0.25, 0.3) is 0 Å². The SMILES string of the molecule is CCOC(=O)C1(C)C=CC(O)CC1. The first kappa shape index (κ1) is 10.3. The van der Waals surface area contributed by atoms with E-state index in [4.69, 9.17) is 4.74 Å². The third kappa shape index (κ3) is 2.31. The molecule has 0 spiro atoms. The summed E-state index contributed by atoms with van der Waals surface area (Å²) < 4.78 is 4.95. The molecule has 0 aromatic carbocycles. The number of carbonyl (C=O) groups excluding carboxylic acids is 1. The second-order valence-corrected chi connectivity index (χ2v) is 3.60. The second-order valence-electron chi connectivity index (χ2n) is 3.60. The van der Waals surface area contributed by atoms with Gasteiger partial charge in [-0.05, 0) is 26.7 Å². The van der Waals surface area contributed by atoms with Crippen molar-refractivity contribution in [3.8, 4) is 0 Å². The van der Waals surface area contributed by atoms with Crippen molar-refractivity contribution in [1.29, 1.82) is 0 Å². The smallest absolute Gasteiger partial charge is 0.315 e. The molecule has 0 fully saturated rings. The maximum Gasteiger partial charge on any atom is 0.315 e. The molecule has 0 amide bonds. The van der Waals surface area contributed by atoms with Gasteiger partial charge in [-0.25, -0.2) is 0 Å². The van der Waals surface area contributed by atoms with Crippen LogP contribution in [0.1, 0.15) is 26.7 Å². The lowest BCUT2D eigenvalue weighted by molar-refractivity contribution is -0.152. The highest BCUT2D eigenvalue weighted by atomic mass is 16.5. The molecule has 3 heteroatoms. The molecule has 0 heterocycles. The van der Waals surface area contributed by atoms with E-state index in [0.29, 0.717) is 19.4 Å². The highest BCUT2D eigenvalue weighted by Gasteiger charge is 2.34. The van der Waals surface area contributed by atoms with Crippen LogP contribution in [0.15, 0.2) is 12.2 Å². The standard InChI is InChI=1S/C10H16O3/c1-3-13-9(12)10(2)6-4-8(11)5-7-10/h4,6,8,11H,3,5,7H2,1-2H3. The van der Waals surface area contributed by atoms with Crippen molar-refractivity contribution in [3.05, 3.63) is 12.2 Å². The largest absolute Gasteiger partial charge is 0.465 e. The van der Waals surface area contributed by atoms with E-state index in [0.717, 1.165) is 0 Å². The van der Waals surface area contributed by atoms with E-state index in [1.165, 1.54) is 0 Å². The van der Waals surface area contributed by atoms with E-state index in [9.17, 15) is 9.90 Å². The van der Waals surface area contributed by atoms with E-state index in [1.807, 2.05) is 6.92 Å². The van der Waals surface area contributed by atoms with Gasteiger partial charge in [0, 0.05) is 0 Å². The lowest BCUT2D eigenvalue weighted by Gasteiger charge is -2.28. The number of hydrogen-bond acceptors (Lipinski definition) is 3. The van der Waals surface area contributed by atoms with Gasteiger partial charge in [0.05, 0.1) is 18.1 Å². The Hall–Kier alpha value is -0.830. The Morgan fingerprint density at radius 3 is 2.92 bits per heavy atom. The minimum atomic E-state index is -0.532. The normalized spacial score (nSPS) is 33.0. The maximum absolute atomic E-state index is 11.5. The fourth-order valence-corrected chi connectivity index (χ4v) is 1.42. The van der Waals surface area contributed by atoms with E-state index in [2.05, 4.69) is 0 Å². The molecular formula is C10H16O3. The minimum Gasteiger partial charge on any atom is -0.465 e. The van der Waals surface area contributed by atoms with Crippen LogP contribution in [-0.4, -0.2) is 23.8 Å². The Morgan fingerprint density at radius 2 is 2.46 bits per heavy atom. The molecule has 2 unspecified atom stereocenters. The van der Waals surface area contributed by atoms with Crippen molar-refractivity contribution >= 4 is 5.97 Å². The summed E-state index contributed by atoms with van der Waals surface area (Å²) >= 11 is 0. The number of hydrogen-bond donors (Lipinski definition) is 1. The Kier molecular flexibility index (Phi) is 3.09. The monoisotopic (exact) mass is 184 g/mol. The van der Waals surface area contributed by atoms with Gasteiger partial charge in [0.2, 0.25) is 0 Å². The van der Waals surface area contributed by atoms with Gasteiger partial charge in [0.25, 0.3) is 0 Å². The summed E-state index contributed by atoms with van der Waals surface area (Å²) in [6, 6.07) is 0. The van der Waals surface area contributed by atoms with Gasteiger partial charge in [-0.3, -0.25) is 4.79 Å². The zero-order valence-corrected chi connectivity index (χ0v) is 8.12. The predicted molar refractivity (Wildman–Crippen MR) is 49.1 cm³/mol. The van der Waals surface area contributed by atoms with Crippen LogP contribution in [0.3, 0.4) is 0 Å². The first-order valence-electron chi connectivity index (χ1n) is 4.63. The van der Waals surface area contributed by atoms with Crippen molar-refractivity contribution < 1.29 is 14.6 Å². The lowest BCUT2D eigenvalue weighted by Crippen LogP contribution is -2.31. The molecule has 1 aliphatic carbocycles. The first-order chi connectivity index (χ1) is 6.08. The van der Waals surface area contributed by atoms with Crippen molar-refractivity contribution in [2.45, 2.75) is 32.8 Å². The zero-order valence-electron chi connectivity index (χ0n) is 8.12. The number of aliphatic hydroxyl groups excluding tert-OH is 1. The molecule has 0 aliphatic heterocycles. The van der Waals surface area contributed by atoms with Gasteiger partial charge in [0.15, 0.2) is 0 Å². The molecule has 2 atom stereocenters. The van der Waals surface area contributed by atoms with Crippen LogP contribution in [0.5, 0.6) is 0 Å². The molecule has 0 aromatic heterocycles. The van der Waals surface area contributed by atoms with Crippen molar-refractivity contribution in [2.24, 2.45) is 5.41 Å². The average Bonchev–Trinajstić information content (AvgIpc) is 2.11. The molecule has 1 N–H and O–H groups in total. The Bertz CT molecular complexity index is 222. The van der Waals surface area contributed by atoms with Gasteiger partial charge in [0.1, 0.15) is 0 Å². The molecule has 3 nitrogen and oxygen atoms in total. The molecule has 1 rings (SSSR count). The highest BCUT2D eigenvalue weighted by molar-refractivity contribution is 5.78. The number of rotatable bonds is 2. The fraction of sp³-hybridized carbons (Fsp3) is 0.700. The van der Waals surface area contributed by atoms with E-state index in [1.54, 1.807) is 19.1 Å². The van der Waals surface area contributed by atoms with E-state index < -0.39 is 11.5 Å². The Morgan fingerprint density at radius 1 is 1.77 bits per heavy atom. The molecule has 0 aromatic rings. The number of aliphatic hydroxyl groups is 1. The Balaban J connectivity index is 2.66. The molecule has 74 valence electrons. The highest BCUT2D eigenvalue weighted by Crippen LogP contribution is 2.31. The van der Waals surface area contributed by atoms with Crippen LogP contribution in [0.4, 0.5) is 0 Å².